The van der Waals surface area contributed by atoms with Gasteiger partial charge in [0.25, 0.3) is 5.91 Å². The second-order valence-corrected chi connectivity index (χ2v) is 6.95. The van der Waals surface area contributed by atoms with Crippen molar-refractivity contribution in [1.82, 2.24) is 10.2 Å². The van der Waals surface area contributed by atoms with Gasteiger partial charge in [0.2, 0.25) is 5.91 Å². The first-order valence-corrected chi connectivity index (χ1v) is 9.65. The quantitative estimate of drug-likeness (QED) is 0.651. The fraction of sp³-hybridized carbons (Fsp3) is 0.318. The highest BCUT2D eigenvalue weighted by Gasteiger charge is 2.40. The number of nitrogens with one attached hydrogen (secondary N) is 2. The molecular weight excluding hydrogens is 386 g/mol. The summed E-state index contributed by atoms with van der Waals surface area (Å²) in [4.78, 5) is 38.6. The van der Waals surface area contributed by atoms with Gasteiger partial charge in [-0.2, -0.15) is 0 Å². The van der Waals surface area contributed by atoms with Crippen LogP contribution < -0.4 is 20.1 Å². The van der Waals surface area contributed by atoms with Crippen molar-refractivity contribution in [3.8, 4) is 11.5 Å². The van der Waals surface area contributed by atoms with Crippen LogP contribution in [-0.4, -0.2) is 43.0 Å². The summed E-state index contributed by atoms with van der Waals surface area (Å²) in [5.41, 5.74) is 1.42. The third-order valence-corrected chi connectivity index (χ3v) is 5.05. The number of methoxy groups -OCH3 is 2. The van der Waals surface area contributed by atoms with E-state index in [0.29, 0.717) is 17.2 Å². The molecule has 0 aromatic heterocycles. The van der Waals surface area contributed by atoms with Crippen molar-refractivity contribution in [2.45, 2.75) is 31.8 Å². The highest BCUT2D eigenvalue weighted by molar-refractivity contribution is 6.05. The van der Waals surface area contributed by atoms with Crippen molar-refractivity contribution in [2.24, 2.45) is 0 Å². The van der Waals surface area contributed by atoms with E-state index < -0.39 is 12.1 Å². The molecule has 0 radical (unpaired) electrons. The molecule has 2 atom stereocenters. The van der Waals surface area contributed by atoms with Crippen LogP contribution in [0.5, 0.6) is 11.5 Å². The van der Waals surface area contributed by atoms with Gasteiger partial charge in [0.15, 0.2) is 11.5 Å². The van der Waals surface area contributed by atoms with E-state index in [9.17, 15) is 14.4 Å². The molecule has 0 aliphatic carbocycles. The number of carbonyl (C=O) groups is 3. The van der Waals surface area contributed by atoms with Gasteiger partial charge in [-0.3, -0.25) is 14.5 Å². The lowest BCUT2D eigenvalue weighted by Crippen LogP contribution is -2.34. The average molecular weight is 411 g/mol. The van der Waals surface area contributed by atoms with Gasteiger partial charge in [-0.15, -0.1) is 0 Å². The smallest absolute Gasteiger partial charge is 0.325 e. The van der Waals surface area contributed by atoms with E-state index in [4.69, 9.17) is 9.47 Å². The van der Waals surface area contributed by atoms with Gasteiger partial charge in [-0.25, -0.2) is 4.79 Å². The maximum Gasteiger partial charge on any atom is 0.325 e. The molecule has 2 N–H and O–H groups in total. The molecule has 1 saturated heterocycles. The second kappa shape index (κ2) is 9.30. The number of amides is 4. The zero-order chi connectivity index (χ0) is 21.7. The monoisotopic (exact) mass is 411 g/mol. The maximum atomic E-state index is 12.7. The van der Waals surface area contributed by atoms with Crippen LogP contribution in [0.2, 0.25) is 0 Å². The van der Waals surface area contributed by atoms with Gasteiger partial charge in [-0.05, 0) is 31.0 Å². The van der Waals surface area contributed by atoms with E-state index >= 15 is 0 Å². The molecule has 2 aromatic carbocycles. The standard InChI is InChI=1S/C22H25N3O5/c1-14(15-7-5-4-6-8-15)25-21(27)17(24-22(25)28)10-12-20(26)23-16-9-11-18(29-2)19(13-16)30-3/h4-9,11,13-14,17H,10,12H2,1-3H3,(H,23,26)(H,24,28)/t14-,17+/m0/s1. The molecule has 158 valence electrons. The molecule has 8 nitrogen and oxygen atoms in total. The number of urea groups is 1. The van der Waals surface area contributed by atoms with Crippen molar-refractivity contribution >= 4 is 23.5 Å². The number of hydrogen-bond donors (Lipinski definition) is 2. The van der Waals surface area contributed by atoms with E-state index in [1.54, 1.807) is 25.1 Å². The highest BCUT2D eigenvalue weighted by Crippen LogP contribution is 2.30. The van der Waals surface area contributed by atoms with E-state index in [-0.39, 0.29) is 30.7 Å². The minimum atomic E-state index is -0.722. The van der Waals surface area contributed by atoms with Crippen LogP contribution in [0.4, 0.5) is 10.5 Å². The molecule has 1 aliphatic heterocycles. The molecule has 0 spiro atoms. The molecule has 0 saturated carbocycles. The molecular formula is C22H25N3O5. The third kappa shape index (κ3) is 4.53. The van der Waals surface area contributed by atoms with Crippen molar-refractivity contribution in [3.63, 3.8) is 0 Å². The molecule has 0 unspecified atom stereocenters. The van der Waals surface area contributed by atoms with Crippen molar-refractivity contribution in [3.05, 3.63) is 54.1 Å². The van der Waals surface area contributed by atoms with Crippen LogP contribution in [0.1, 0.15) is 31.4 Å². The number of imide groups is 1. The fourth-order valence-corrected chi connectivity index (χ4v) is 3.40. The van der Waals surface area contributed by atoms with Gasteiger partial charge in [0.05, 0.1) is 20.3 Å². The Hall–Kier alpha value is -3.55. The maximum absolute atomic E-state index is 12.7. The predicted molar refractivity (Wildman–Crippen MR) is 111 cm³/mol. The third-order valence-electron chi connectivity index (χ3n) is 5.05. The normalized spacial score (nSPS) is 16.8. The summed E-state index contributed by atoms with van der Waals surface area (Å²) in [7, 11) is 3.05. The number of nitrogens with zero attached hydrogens (tertiary/aromatic N) is 1. The Morgan fingerprint density at radius 1 is 1.10 bits per heavy atom. The van der Waals surface area contributed by atoms with Gasteiger partial charge in [0, 0.05) is 18.2 Å². The van der Waals surface area contributed by atoms with Crippen molar-refractivity contribution < 1.29 is 23.9 Å². The van der Waals surface area contributed by atoms with E-state index in [1.165, 1.54) is 19.1 Å². The molecule has 8 heteroatoms. The number of ether oxygens (including phenoxy) is 2. The highest BCUT2D eigenvalue weighted by atomic mass is 16.5. The fourth-order valence-electron chi connectivity index (χ4n) is 3.40. The Kier molecular flexibility index (Phi) is 6.56. The molecule has 3 rings (SSSR count). The van der Waals surface area contributed by atoms with Crippen molar-refractivity contribution in [1.29, 1.82) is 0 Å². The van der Waals surface area contributed by atoms with Crippen LogP contribution in [0.25, 0.3) is 0 Å². The first-order valence-electron chi connectivity index (χ1n) is 9.65. The van der Waals surface area contributed by atoms with E-state index in [0.717, 1.165) is 5.56 Å². The molecule has 30 heavy (non-hydrogen) atoms. The average Bonchev–Trinajstić information content (AvgIpc) is 3.05. The lowest BCUT2D eigenvalue weighted by atomic mass is 10.1. The van der Waals surface area contributed by atoms with Gasteiger partial charge < -0.3 is 20.1 Å². The molecule has 4 amide bonds. The minimum absolute atomic E-state index is 0.0819. The molecule has 0 bridgehead atoms. The summed E-state index contributed by atoms with van der Waals surface area (Å²) in [6.45, 7) is 1.80. The molecule has 1 fully saturated rings. The lowest BCUT2D eigenvalue weighted by molar-refractivity contribution is -0.129. The van der Waals surface area contributed by atoms with Crippen LogP contribution in [-0.2, 0) is 9.59 Å². The summed E-state index contributed by atoms with van der Waals surface area (Å²) in [6, 6.07) is 12.8. The molecule has 2 aromatic rings. The van der Waals surface area contributed by atoms with Crippen LogP contribution in [0, 0.1) is 0 Å². The summed E-state index contributed by atoms with van der Waals surface area (Å²) < 4.78 is 10.4. The Morgan fingerprint density at radius 3 is 2.47 bits per heavy atom. The Morgan fingerprint density at radius 2 is 1.80 bits per heavy atom. The largest absolute Gasteiger partial charge is 0.493 e. The van der Waals surface area contributed by atoms with Crippen LogP contribution in [0.3, 0.4) is 0 Å². The van der Waals surface area contributed by atoms with Crippen LogP contribution in [0.15, 0.2) is 48.5 Å². The number of carbonyl (C=O) groups excluding carboxylic acids is 3. The Balaban J connectivity index is 1.58. The Bertz CT molecular complexity index is 932. The van der Waals surface area contributed by atoms with E-state index in [2.05, 4.69) is 10.6 Å². The first-order chi connectivity index (χ1) is 14.4. The van der Waals surface area contributed by atoms with Gasteiger partial charge in [0.1, 0.15) is 6.04 Å². The molecule has 1 heterocycles. The lowest BCUT2D eigenvalue weighted by Gasteiger charge is -2.21. The van der Waals surface area contributed by atoms with Gasteiger partial charge >= 0.3 is 6.03 Å². The summed E-state index contributed by atoms with van der Waals surface area (Å²) in [5, 5.41) is 5.44. The number of anilines is 1. The number of rotatable bonds is 8. The predicted octanol–water partition coefficient (Wildman–Crippen LogP) is 3.10. The first kappa shape index (κ1) is 21.2. The van der Waals surface area contributed by atoms with Crippen molar-refractivity contribution in [2.75, 3.05) is 19.5 Å². The number of hydrogen-bond acceptors (Lipinski definition) is 5. The summed E-state index contributed by atoms with van der Waals surface area (Å²) in [6.07, 6.45) is 0.292. The second-order valence-electron chi connectivity index (χ2n) is 6.95. The van der Waals surface area contributed by atoms with Gasteiger partial charge in [-0.1, -0.05) is 30.3 Å². The zero-order valence-corrected chi connectivity index (χ0v) is 17.2. The topological polar surface area (TPSA) is 97.0 Å². The van der Waals surface area contributed by atoms with E-state index in [1.807, 2.05) is 30.3 Å². The zero-order valence-electron chi connectivity index (χ0n) is 17.2. The van der Waals surface area contributed by atoms with Crippen LogP contribution >= 0.6 is 0 Å². The molecule has 1 aliphatic rings. The number of benzene rings is 2. The summed E-state index contributed by atoms with van der Waals surface area (Å²) in [5.74, 6) is 0.468. The summed E-state index contributed by atoms with van der Waals surface area (Å²) >= 11 is 0. The minimum Gasteiger partial charge on any atom is -0.493 e. The Labute approximate surface area is 175 Å². The SMILES string of the molecule is COc1ccc(NC(=O)CC[C@H]2NC(=O)N([C@@H](C)c3ccccc3)C2=O)cc1OC.